The molecule has 1 spiro atoms. The number of carbonyl (C=O) groups is 1. The first-order chi connectivity index (χ1) is 20.7. The van der Waals surface area contributed by atoms with Crippen molar-refractivity contribution >= 4 is 6.03 Å². The van der Waals surface area contributed by atoms with Crippen LogP contribution in [0.15, 0.2) is 65.5 Å². The molecule has 228 valence electrons. The second-order valence-electron chi connectivity index (χ2n) is 12.7. The zero-order chi connectivity index (χ0) is 30.1. The van der Waals surface area contributed by atoms with Crippen LogP contribution in [-0.2, 0) is 6.54 Å². The summed E-state index contributed by atoms with van der Waals surface area (Å²) in [7, 11) is 3.98. The monoisotopic (exact) mass is 589 g/mol. The fourth-order valence-electron chi connectivity index (χ4n) is 7.44. The van der Waals surface area contributed by atoms with E-state index in [-0.39, 0.29) is 28.7 Å². The number of pyridine rings is 1. The first-order valence-corrected chi connectivity index (χ1v) is 15.4. The smallest absolute Gasteiger partial charge is 0.320 e. The average molecular weight is 590 g/mol. The van der Waals surface area contributed by atoms with E-state index < -0.39 is 17.7 Å². The fraction of sp³-hybridized carbons (Fsp3) is 0.471. The molecule has 2 aromatic carbocycles. The molecule has 9 heteroatoms. The van der Waals surface area contributed by atoms with Gasteiger partial charge in [0.1, 0.15) is 11.6 Å². The molecule has 3 fully saturated rings. The molecule has 2 saturated heterocycles. The summed E-state index contributed by atoms with van der Waals surface area (Å²) in [6.07, 6.45) is 5.40. The summed E-state index contributed by atoms with van der Waals surface area (Å²) in [4.78, 5) is 38.6. The third kappa shape index (κ3) is 5.97. The maximum Gasteiger partial charge on any atom is 0.320 e. The maximum absolute atomic E-state index is 15.0. The van der Waals surface area contributed by atoms with Gasteiger partial charge in [-0.3, -0.25) is 9.69 Å². The Kier molecular flexibility index (Phi) is 8.38. The van der Waals surface area contributed by atoms with Gasteiger partial charge in [-0.2, -0.15) is 0 Å². The van der Waals surface area contributed by atoms with Crippen molar-refractivity contribution in [2.24, 2.45) is 0 Å². The van der Waals surface area contributed by atoms with E-state index in [0.717, 1.165) is 61.1 Å². The Morgan fingerprint density at radius 1 is 1.00 bits per heavy atom. The molecular formula is C34H41F2N5O2. The van der Waals surface area contributed by atoms with E-state index in [9.17, 15) is 14.0 Å². The van der Waals surface area contributed by atoms with Crippen LogP contribution < -0.4 is 5.56 Å². The van der Waals surface area contributed by atoms with E-state index in [4.69, 9.17) is 0 Å². The van der Waals surface area contributed by atoms with Gasteiger partial charge in [-0.1, -0.05) is 49.2 Å². The van der Waals surface area contributed by atoms with Crippen LogP contribution in [0.3, 0.4) is 0 Å². The largest absolute Gasteiger partial charge is 0.322 e. The molecule has 2 aliphatic heterocycles. The van der Waals surface area contributed by atoms with Crippen LogP contribution in [0.1, 0.15) is 55.7 Å². The molecule has 1 saturated carbocycles. The third-order valence-corrected chi connectivity index (χ3v) is 9.91. The highest BCUT2D eigenvalue weighted by Crippen LogP contribution is 2.41. The first-order valence-electron chi connectivity index (χ1n) is 15.4. The quantitative estimate of drug-likeness (QED) is 0.419. The molecule has 0 bridgehead atoms. The molecule has 3 aliphatic rings. The maximum atomic E-state index is 15.0. The summed E-state index contributed by atoms with van der Waals surface area (Å²) in [5.41, 5.74) is 2.43. The molecular weight excluding hydrogens is 548 g/mol. The van der Waals surface area contributed by atoms with Gasteiger partial charge in [-0.25, -0.2) is 13.6 Å². The Morgan fingerprint density at radius 2 is 1.77 bits per heavy atom. The zero-order valence-corrected chi connectivity index (χ0v) is 25.1. The number of piperazine rings is 1. The summed E-state index contributed by atoms with van der Waals surface area (Å²) < 4.78 is 29.3. The van der Waals surface area contributed by atoms with Crippen molar-refractivity contribution in [1.82, 2.24) is 24.6 Å². The molecule has 1 N–H and O–H groups in total. The van der Waals surface area contributed by atoms with Crippen molar-refractivity contribution in [3.05, 3.63) is 93.8 Å². The van der Waals surface area contributed by atoms with E-state index in [2.05, 4.69) is 14.8 Å². The van der Waals surface area contributed by atoms with Crippen LogP contribution in [0.25, 0.3) is 11.3 Å². The minimum absolute atomic E-state index is 0.0864. The van der Waals surface area contributed by atoms with Crippen LogP contribution in [0.4, 0.5) is 13.6 Å². The molecule has 43 heavy (non-hydrogen) atoms. The van der Waals surface area contributed by atoms with Crippen molar-refractivity contribution in [3.8, 4) is 11.3 Å². The summed E-state index contributed by atoms with van der Waals surface area (Å²) in [5, 5.41) is 0. The van der Waals surface area contributed by atoms with Gasteiger partial charge in [0.25, 0.3) is 5.56 Å². The predicted molar refractivity (Wildman–Crippen MR) is 164 cm³/mol. The van der Waals surface area contributed by atoms with Gasteiger partial charge in [0.2, 0.25) is 0 Å². The first kappa shape index (κ1) is 29.5. The zero-order valence-electron chi connectivity index (χ0n) is 25.1. The predicted octanol–water partition coefficient (Wildman–Crippen LogP) is 5.64. The number of hydrogen-bond acceptors (Lipinski definition) is 4. The highest BCUT2D eigenvalue weighted by Gasteiger charge is 2.46. The van der Waals surface area contributed by atoms with Crippen molar-refractivity contribution in [2.75, 3.05) is 40.3 Å². The van der Waals surface area contributed by atoms with Crippen LogP contribution in [0, 0.1) is 11.6 Å². The van der Waals surface area contributed by atoms with Gasteiger partial charge < -0.3 is 19.7 Å². The number of aromatic nitrogens is 1. The van der Waals surface area contributed by atoms with E-state index >= 15 is 4.39 Å². The van der Waals surface area contributed by atoms with Crippen LogP contribution in [0.2, 0.25) is 0 Å². The Balaban J connectivity index is 1.22. The summed E-state index contributed by atoms with van der Waals surface area (Å²) in [5.74, 6) is -0.981. The standard InChI is InChI=1S/C34H41F2N5O2/c1-38(2)27-14-17-41(31(21-27)28-20-26(35)11-12-29(28)36)33(43)39-18-19-40(34(23-39)15-6-7-16-34)22-25-10-13-30(37-32(25)42)24-8-4-3-5-9-24/h3-5,8-13,20,27,31H,6-7,14-19,21-23H2,1-2H3,(H,37,42)/t27-,31+/m1/s1. The summed E-state index contributed by atoms with van der Waals surface area (Å²) >= 11 is 0. The van der Waals surface area contributed by atoms with Gasteiger partial charge in [0.15, 0.2) is 0 Å². The lowest BCUT2D eigenvalue weighted by Crippen LogP contribution is -2.64. The molecule has 6 rings (SSSR count). The van der Waals surface area contributed by atoms with Gasteiger partial charge in [0, 0.05) is 61.1 Å². The van der Waals surface area contributed by atoms with Crippen molar-refractivity contribution < 1.29 is 13.6 Å². The Hall–Kier alpha value is -3.56. The van der Waals surface area contributed by atoms with E-state index in [0.29, 0.717) is 39.1 Å². The minimum atomic E-state index is -0.538. The number of amides is 2. The minimum Gasteiger partial charge on any atom is -0.322 e. The van der Waals surface area contributed by atoms with E-state index in [1.807, 2.05) is 61.5 Å². The molecule has 0 radical (unpaired) electrons. The lowest BCUT2D eigenvalue weighted by molar-refractivity contribution is -0.00415. The van der Waals surface area contributed by atoms with E-state index in [1.54, 1.807) is 4.90 Å². The lowest BCUT2D eigenvalue weighted by Gasteiger charge is -2.51. The Morgan fingerprint density at radius 3 is 2.49 bits per heavy atom. The van der Waals surface area contributed by atoms with Crippen molar-refractivity contribution in [2.45, 2.75) is 62.7 Å². The molecule has 7 nitrogen and oxygen atoms in total. The number of carbonyl (C=O) groups excluding carboxylic acids is 1. The van der Waals surface area contributed by atoms with Gasteiger partial charge in [-0.15, -0.1) is 0 Å². The number of halogens is 2. The number of H-pyrrole nitrogens is 1. The average Bonchev–Trinajstić information content (AvgIpc) is 3.48. The molecule has 1 aromatic heterocycles. The third-order valence-electron chi connectivity index (χ3n) is 9.91. The Labute approximate surface area is 252 Å². The highest BCUT2D eigenvalue weighted by molar-refractivity contribution is 5.75. The van der Waals surface area contributed by atoms with Gasteiger partial charge in [0.05, 0.1) is 6.04 Å². The number of benzene rings is 2. The van der Waals surface area contributed by atoms with Crippen molar-refractivity contribution in [1.29, 1.82) is 0 Å². The number of aromatic amines is 1. The van der Waals surface area contributed by atoms with Crippen LogP contribution >= 0.6 is 0 Å². The normalized spacial score (nSPS) is 22.4. The summed E-state index contributed by atoms with van der Waals surface area (Å²) in [6, 6.07) is 16.8. The summed E-state index contributed by atoms with van der Waals surface area (Å²) in [6.45, 7) is 2.75. The topological polar surface area (TPSA) is 62.9 Å². The molecule has 3 aromatic rings. The van der Waals surface area contributed by atoms with E-state index in [1.165, 1.54) is 6.07 Å². The van der Waals surface area contributed by atoms with Crippen molar-refractivity contribution in [3.63, 3.8) is 0 Å². The van der Waals surface area contributed by atoms with Crippen LogP contribution in [-0.4, -0.2) is 82.5 Å². The number of urea groups is 1. The molecule has 2 amide bonds. The number of piperidine rings is 1. The number of nitrogens with one attached hydrogen (secondary N) is 1. The number of likely N-dealkylation sites (tertiary alicyclic amines) is 1. The SMILES string of the molecule is CN(C)[C@@H]1CCN(C(=O)N2CCN(Cc3ccc(-c4ccccc4)[nH]c3=O)C3(CCCC3)C2)[C@H](c2cc(F)ccc2F)C1. The second kappa shape index (κ2) is 12.2. The molecule has 0 unspecified atom stereocenters. The van der Waals surface area contributed by atoms with Gasteiger partial charge in [-0.05, 0) is 69.6 Å². The molecule has 3 heterocycles. The molecule has 1 aliphatic carbocycles. The van der Waals surface area contributed by atoms with Gasteiger partial charge >= 0.3 is 6.03 Å². The highest BCUT2D eigenvalue weighted by atomic mass is 19.1. The number of nitrogens with zero attached hydrogens (tertiary/aromatic N) is 4. The fourth-order valence-corrected chi connectivity index (χ4v) is 7.44. The Bertz CT molecular complexity index is 1500. The lowest BCUT2D eigenvalue weighted by atomic mass is 9.89. The number of rotatable bonds is 5. The number of hydrogen-bond donors (Lipinski definition) is 1. The second-order valence-corrected chi connectivity index (χ2v) is 12.7. The molecule has 2 atom stereocenters. The van der Waals surface area contributed by atoms with Crippen LogP contribution in [0.5, 0.6) is 0 Å².